The standard InChI is InChI=1S/C17H14N6O3S/c1-2-27(25,26)12-3-4-14-13(6-12)15(16(17(19)24)23-22-14)21-11-5-10(7-18)8-20-9-11/h3-6,8-9H,2H2,1H3,(H2,19,24)(H,21,22). The van der Waals surface area contributed by atoms with E-state index in [9.17, 15) is 13.2 Å². The first kappa shape index (κ1) is 18.2. The fourth-order valence-corrected chi connectivity index (χ4v) is 3.36. The fourth-order valence-electron chi connectivity index (χ4n) is 2.46. The Hall–Kier alpha value is -3.58. The van der Waals surface area contributed by atoms with Crippen molar-refractivity contribution >= 4 is 38.0 Å². The van der Waals surface area contributed by atoms with E-state index in [2.05, 4.69) is 20.5 Å². The molecule has 0 spiro atoms. The summed E-state index contributed by atoms with van der Waals surface area (Å²) in [7, 11) is -3.47. The maximum atomic E-state index is 12.2. The molecule has 0 aliphatic heterocycles. The lowest BCUT2D eigenvalue weighted by atomic mass is 10.1. The molecule has 1 aromatic carbocycles. The Labute approximate surface area is 154 Å². The van der Waals surface area contributed by atoms with Crippen LogP contribution in [-0.4, -0.2) is 35.3 Å². The van der Waals surface area contributed by atoms with Crippen molar-refractivity contribution in [3.05, 3.63) is 47.9 Å². The van der Waals surface area contributed by atoms with Gasteiger partial charge in [-0.2, -0.15) is 5.26 Å². The lowest BCUT2D eigenvalue weighted by Crippen LogP contribution is -2.17. The molecule has 0 radical (unpaired) electrons. The van der Waals surface area contributed by atoms with Crippen molar-refractivity contribution in [2.45, 2.75) is 11.8 Å². The molecule has 3 aromatic rings. The Kier molecular flexibility index (Phi) is 4.70. The Balaban J connectivity index is 2.26. The molecule has 3 N–H and O–H groups in total. The van der Waals surface area contributed by atoms with Crippen molar-refractivity contribution in [1.29, 1.82) is 5.26 Å². The predicted octanol–water partition coefficient (Wildman–Crippen LogP) is 1.53. The molecular weight excluding hydrogens is 368 g/mol. The highest BCUT2D eigenvalue weighted by Gasteiger charge is 2.19. The Bertz CT molecular complexity index is 1200. The molecule has 2 aromatic heterocycles. The van der Waals surface area contributed by atoms with E-state index in [1.807, 2.05) is 6.07 Å². The van der Waals surface area contributed by atoms with Crippen LogP contribution in [-0.2, 0) is 9.84 Å². The van der Waals surface area contributed by atoms with E-state index in [4.69, 9.17) is 11.0 Å². The molecule has 10 heteroatoms. The monoisotopic (exact) mass is 382 g/mol. The minimum Gasteiger partial charge on any atom is -0.364 e. The maximum Gasteiger partial charge on any atom is 0.271 e. The number of pyridine rings is 1. The minimum atomic E-state index is -3.47. The van der Waals surface area contributed by atoms with Gasteiger partial charge in [-0.3, -0.25) is 9.78 Å². The third-order valence-electron chi connectivity index (χ3n) is 3.84. The number of amides is 1. The summed E-state index contributed by atoms with van der Waals surface area (Å²) < 4.78 is 24.4. The van der Waals surface area contributed by atoms with Gasteiger partial charge < -0.3 is 11.1 Å². The van der Waals surface area contributed by atoms with Crippen LogP contribution in [0.3, 0.4) is 0 Å². The molecule has 3 rings (SSSR count). The summed E-state index contributed by atoms with van der Waals surface area (Å²) in [6, 6.07) is 7.84. The second-order valence-electron chi connectivity index (χ2n) is 5.57. The zero-order valence-corrected chi connectivity index (χ0v) is 15.0. The van der Waals surface area contributed by atoms with Crippen molar-refractivity contribution in [2.24, 2.45) is 5.73 Å². The SMILES string of the molecule is CCS(=O)(=O)c1ccc2nnc(C(N)=O)c(Nc3cncc(C#N)c3)c2c1. The van der Waals surface area contributed by atoms with Gasteiger partial charge in [0, 0.05) is 11.6 Å². The minimum absolute atomic E-state index is 0.0728. The number of anilines is 2. The van der Waals surface area contributed by atoms with Gasteiger partial charge in [0.05, 0.1) is 39.3 Å². The topological polar surface area (TPSA) is 152 Å². The van der Waals surface area contributed by atoms with Gasteiger partial charge in [0.25, 0.3) is 5.91 Å². The first-order valence-electron chi connectivity index (χ1n) is 7.81. The van der Waals surface area contributed by atoms with Gasteiger partial charge in [0.2, 0.25) is 0 Å². The summed E-state index contributed by atoms with van der Waals surface area (Å²) in [5.41, 5.74) is 6.53. The van der Waals surface area contributed by atoms with Crippen LogP contribution in [0.1, 0.15) is 23.0 Å². The summed E-state index contributed by atoms with van der Waals surface area (Å²) in [6.45, 7) is 1.54. The van der Waals surface area contributed by atoms with E-state index in [-0.39, 0.29) is 22.0 Å². The smallest absolute Gasteiger partial charge is 0.271 e. The Morgan fingerprint density at radius 2 is 2.04 bits per heavy atom. The molecule has 2 heterocycles. The molecule has 0 aliphatic rings. The van der Waals surface area contributed by atoms with Crippen LogP contribution in [0, 0.1) is 11.3 Å². The third-order valence-corrected chi connectivity index (χ3v) is 5.57. The number of nitrogens with zero attached hydrogens (tertiary/aromatic N) is 4. The molecule has 0 saturated heterocycles. The van der Waals surface area contributed by atoms with Crippen molar-refractivity contribution in [1.82, 2.24) is 15.2 Å². The summed E-state index contributed by atoms with van der Waals surface area (Å²) in [6.07, 6.45) is 2.83. The number of nitrogens with two attached hydrogens (primary N) is 1. The number of hydrogen-bond donors (Lipinski definition) is 2. The van der Waals surface area contributed by atoms with E-state index in [0.29, 0.717) is 22.2 Å². The molecule has 0 unspecified atom stereocenters. The summed E-state index contributed by atoms with van der Waals surface area (Å²) in [5, 5.41) is 20.1. The molecule has 9 nitrogen and oxygen atoms in total. The fraction of sp³-hybridized carbons (Fsp3) is 0.118. The normalized spacial score (nSPS) is 11.1. The number of nitriles is 1. The summed E-state index contributed by atoms with van der Waals surface area (Å²) >= 11 is 0. The summed E-state index contributed by atoms with van der Waals surface area (Å²) in [5.74, 6) is -0.906. The quantitative estimate of drug-likeness (QED) is 0.674. The molecular formula is C17H14N6O3S. The number of primary amides is 1. The molecule has 27 heavy (non-hydrogen) atoms. The molecule has 0 atom stereocenters. The molecule has 0 aliphatic carbocycles. The number of aromatic nitrogens is 3. The van der Waals surface area contributed by atoms with E-state index in [1.165, 1.54) is 43.6 Å². The van der Waals surface area contributed by atoms with Gasteiger partial charge in [-0.05, 0) is 24.3 Å². The van der Waals surface area contributed by atoms with Gasteiger partial charge in [0.1, 0.15) is 6.07 Å². The molecule has 0 bridgehead atoms. The first-order chi connectivity index (χ1) is 12.9. The van der Waals surface area contributed by atoms with Crippen LogP contribution in [0.25, 0.3) is 10.9 Å². The lowest BCUT2D eigenvalue weighted by molar-refractivity contribution is 0.0995. The predicted molar refractivity (Wildman–Crippen MR) is 98.0 cm³/mol. The second-order valence-corrected chi connectivity index (χ2v) is 7.85. The number of carbonyl (C=O) groups is 1. The Morgan fingerprint density at radius 1 is 1.26 bits per heavy atom. The van der Waals surface area contributed by atoms with Gasteiger partial charge >= 0.3 is 0 Å². The average molecular weight is 382 g/mol. The molecule has 0 saturated carbocycles. The van der Waals surface area contributed by atoms with Crippen LogP contribution in [0.15, 0.2) is 41.6 Å². The van der Waals surface area contributed by atoms with Crippen LogP contribution in [0.4, 0.5) is 11.4 Å². The van der Waals surface area contributed by atoms with Crippen LogP contribution < -0.4 is 11.1 Å². The Morgan fingerprint density at radius 3 is 2.70 bits per heavy atom. The zero-order chi connectivity index (χ0) is 19.6. The number of hydrogen-bond acceptors (Lipinski definition) is 8. The van der Waals surface area contributed by atoms with Crippen molar-refractivity contribution in [2.75, 3.05) is 11.1 Å². The molecule has 136 valence electrons. The number of benzene rings is 1. The van der Waals surface area contributed by atoms with Gasteiger partial charge in [-0.15, -0.1) is 10.2 Å². The zero-order valence-electron chi connectivity index (χ0n) is 14.2. The van der Waals surface area contributed by atoms with Crippen molar-refractivity contribution in [3.63, 3.8) is 0 Å². The number of rotatable bonds is 5. The highest BCUT2D eigenvalue weighted by Crippen LogP contribution is 2.30. The molecule has 1 amide bonds. The number of nitrogens with one attached hydrogen (secondary N) is 1. The number of sulfone groups is 1. The van der Waals surface area contributed by atoms with Gasteiger partial charge in [0.15, 0.2) is 15.5 Å². The lowest BCUT2D eigenvalue weighted by Gasteiger charge is -2.13. The first-order valence-corrected chi connectivity index (χ1v) is 9.46. The second kappa shape index (κ2) is 6.97. The van der Waals surface area contributed by atoms with Crippen molar-refractivity contribution < 1.29 is 13.2 Å². The maximum absolute atomic E-state index is 12.2. The van der Waals surface area contributed by atoms with E-state index in [1.54, 1.807) is 0 Å². The van der Waals surface area contributed by atoms with Crippen LogP contribution in [0.5, 0.6) is 0 Å². The molecule has 0 fully saturated rings. The van der Waals surface area contributed by atoms with Crippen LogP contribution >= 0.6 is 0 Å². The average Bonchev–Trinajstić information content (AvgIpc) is 2.67. The van der Waals surface area contributed by atoms with Crippen molar-refractivity contribution in [3.8, 4) is 6.07 Å². The van der Waals surface area contributed by atoms with E-state index in [0.717, 1.165) is 0 Å². The van der Waals surface area contributed by atoms with E-state index >= 15 is 0 Å². The highest BCUT2D eigenvalue weighted by molar-refractivity contribution is 7.91. The third kappa shape index (κ3) is 3.54. The van der Waals surface area contributed by atoms with Gasteiger partial charge in [-0.25, -0.2) is 8.42 Å². The summed E-state index contributed by atoms with van der Waals surface area (Å²) in [4.78, 5) is 15.8. The largest absolute Gasteiger partial charge is 0.364 e. The number of carbonyl (C=O) groups excluding carboxylic acids is 1. The van der Waals surface area contributed by atoms with Crippen LogP contribution in [0.2, 0.25) is 0 Å². The highest BCUT2D eigenvalue weighted by atomic mass is 32.2. The van der Waals surface area contributed by atoms with Gasteiger partial charge in [-0.1, -0.05) is 6.92 Å². The number of fused-ring (bicyclic) bond motifs is 1. The van der Waals surface area contributed by atoms with E-state index < -0.39 is 15.7 Å².